The minimum absolute atomic E-state index is 0.00524. The predicted octanol–water partition coefficient (Wildman–Crippen LogP) is 2.10. The second kappa shape index (κ2) is 6.41. The van der Waals surface area contributed by atoms with Crippen LogP contribution in [0.1, 0.15) is 27.9 Å². The Bertz CT molecular complexity index is 660. The molecule has 3 heterocycles. The molecular formula is C15H18N4O2S. The molecule has 0 spiro atoms. The van der Waals surface area contributed by atoms with Crippen molar-refractivity contribution in [1.29, 1.82) is 0 Å². The highest BCUT2D eigenvalue weighted by Crippen LogP contribution is 2.25. The Morgan fingerprint density at radius 3 is 3.09 bits per heavy atom. The van der Waals surface area contributed by atoms with Crippen molar-refractivity contribution in [2.24, 2.45) is 0 Å². The zero-order valence-corrected chi connectivity index (χ0v) is 13.4. The summed E-state index contributed by atoms with van der Waals surface area (Å²) >= 11 is 1.52. The van der Waals surface area contributed by atoms with Gasteiger partial charge in [-0.3, -0.25) is 4.79 Å². The average molecular weight is 318 g/mol. The van der Waals surface area contributed by atoms with Gasteiger partial charge in [0.2, 0.25) is 0 Å². The highest BCUT2D eigenvalue weighted by Gasteiger charge is 2.31. The minimum Gasteiger partial charge on any atom is -0.377 e. The molecule has 1 N–H and O–H groups in total. The molecule has 0 aromatic carbocycles. The molecule has 1 aliphatic rings. The van der Waals surface area contributed by atoms with Crippen LogP contribution in [0.15, 0.2) is 22.9 Å². The van der Waals surface area contributed by atoms with Gasteiger partial charge in [-0.15, -0.1) is 0 Å². The van der Waals surface area contributed by atoms with E-state index in [1.165, 1.54) is 11.3 Å². The van der Waals surface area contributed by atoms with Crippen LogP contribution in [0.4, 0.5) is 5.82 Å². The Hall–Kier alpha value is -1.99. The highest BCUT2D eigenvalue weighted by atomic mass is 32.1. The highest BCUT2D eigenvalue weighted by molar-refractivity contribution is 7.08. The van der Waals surface area contributed by atoms with Crippen LogP contribution in [0.5, 0.6) is 0 Å². The van der Waals surface area contributed by atoms with E-state index in [0.717, 1.165) is 11.5 Å². The normalized spacial score (nSPS) is 18.3. The number of hydrogen-bond acceptors (Lipinski definition) is 6. The third-order valence-electron chi connectivity index (χ3n) is 3.58. The Balaban J connectivity index is 1.93. The number of amides is 1. The van der Waals surface area contributed by atoms with Crippen molar-refractivity contribution in [2.45, 2.75) is 13.0 Å². The number of nitrogens with one attached hydrogen (secondary N) is 1. The number of carbonyl (C=O) groups is 1. The summed E-state index contributed by atoms with van der Waals surface area (Å²) in [7, 11) is 1.82. The van der Waals surface area contributed by atoms with Crippen LogP contribution in [0.2, 0.25) is 0 Å². The first kappa shape index (κ1) is 14.9. The summed E-state index contributed by atoms with van der Waals surface area (Å²) in [5.41, 5.74) is 1.57. The summed E-state index contributed by atoms with van der Waals surface area (Å²) in [4.78, 5) is 23.5. The smallest absolute Gasteiger partial charge is 0.255 e. The fraction of sp³-hybridized carbons (Fsp3) is 0.400. The molecule has 0 aliphatic carbocycles. The third-order valence-corrected chi connectivity index (χ3v) is 4.27. The van der Waals surface area contributed by atoms with E-state index in [2.05, 4.69) is 15.3 Å². The molecule has 1 fully saturated rings. The molecule has 1 amide bonds. The number of aryl methyl sites for hydroxylation is 1. The van der Waals surface area contributed by atoms with Crippen LogP contribution in [0.25, 0.3) is 0 Å². The van der Waals surface area contributed by atoms with Crippen molar-refractivity contribution < 1.29 is 9.53 Å². The van der Waals surface area contributed by atoms with Crippen molar-refractivity contribution in [3.63, 3.8) is 0 Å². The topological polar surface area (TPSA) is 67.4 Å². The van der Waals surface area contributed by atoms with Gasteiger partial charge in [-0.05, 0) is 18.4 Å². The fourth-order valence-electron chi connectivity index (χ4n) is 2.48. The number of morpholine rings is 1. The van der Waals surface area contributed by atoms with Crippen LogP contribution in [0, 0.1) is 6.92 Å². The Morgan fingerprint density at radius 1 is 1.50 bits per heavy atom. The first-order chi connectivity index (χ1) is 10.7. The van der Waals surface area contributed by atoms with Crippen LogP contribution >= 0.6 is 11.3 Å². The summed E-state index contributed by atoms with van der Waals surface area (Å²) in [6.07, 6.45) is 0. The molecule has 1 aliphatic heterocycles. The summed E-state index contributed by atoms with van der Waals surface area (Å²) in [5, 5.41) is 6.80. The van der Waals surface area contributed by atoms with Crippen LogP contribution < -0.4 is 5.32 Å². The van der Waals surface area contributed by atoms with Gasteiger partial charge in [-0.25, -0.2) is 9.97 Å². The molecule has 1 saturated heterocycles. The molecule has 3 rings (SSSR count). The SMILES string of the molecule is CNc1cc(C)nc([C@@H]2COCCN2C(=O)c2ccsc2)n1. The molecule has 1 atom stereocenters. The summed E-state index contributed by atoms with van der Waals surface area (Å²) in [6.45, 7) is 3.42. The molecule has 0 radical (unpaired) electrons. The first-order valence-electron chi connectivity index (χ1n) is 7.13. The lowest BCUT2D eigenvalue weighted by atomic mass is 10.1. The summed E-state index contributed by atoms with van der Waals surface area (Å²) in [5.74, 6) is 1.37. The number of rotatable bonds is 3. The Labute approximate surface area is 133 Å². The molecule has 0 saturated carbocycles. The van der Waals surface area contributed by atoms with Gasteiger partial charge < -0.3 is 15.0 Å². The predicted molar refractivity (Wildman–Crippen MR) is 85.2 cm³/mol. The quantitative estimate of drug-likeness (QED) is 0.939. The van der Waals surface area contributed by atoms with E-state index in [1.807, 2.05) is 36.9 Å². The van der Waals surface area contributed by atoms with E-state index in [9.17, 15) is 4.79 Å². The second-order valence-electron chi connectivity index (χ2n) is 5.10. The van der Waals surface area contributed by atoms with Gasteiger partial charge in [0.15, 0.2) is 5.82 Å². The van der Waals surface area contributed by atoms with Crippen LogP contribution in [0.3, 0.4) is 0 Å². The largest absolute Gasteiger partial charge is 0.377 e. The molecule has 2 aromatic rings. The summed E-state index contributed by atoms with van der Waals surface area (Å²) < 4.78 is 5.56. The van der Waals surface area contributed by atoms with Gasteiger partial charge in [0.05, 0.1) is 18.8 Å². The lowest BCUT2D eigenvalue weighted by molar-refractivity contribution is -0.00519. The maximum absolute atomic E-state index is 12.7. The number of nitrogens with zero attached hydrogens (tertiary/aromatic N) is 3. The van der Waals surface area contributed by atoms with Gasteiger partial charge in [-0.1, -0.05) is 0 Å². The van der Waals surface area contributed by atoms with Crippen LogP contribution in [-0.4, -0.2) is 47.6 Å². The van der Waals surface area contributed by atoms with Crippen molar-refractivity contribution in [2.75, 3.05) is 32.1 Å². The number of anilines is 1. The van der Waals surface area contributed by atoms with Gasteiger partial charge in [0, 0.05) is 30.7 Å². The van der Waals surface area contributed by atoms with Gasteiger partial charge >= 0.3 is 0 Å². The molecule has 22 heavy (non-hydrogen) atoms. The molecule has 0 bridgehead atoms. The van der Waals surface area contributed by atoms with Gasteiger partial charge in [0.1, 0.15) is 11.9 Å². The zero-order valence-electron chi connectivity index (χ0n) is 12.6. The average Bonchev–Trinajstić information content (AvgIpc) is 3.08. The van der Waals surface area contributed by atoms with E-state index < -0.39 is 0 Å². The molecule has 7 heteroatoms. The fourth-order valence-corrected chi connectivity index (χ4v) is 3.11. The van der Waals surface area contributed by atoms with Crippen molar-refractivity contribution >= 4 is 23.1 Å². The number of thiophene rings is 1. The Kier molecular flexibility index (Phi) is 4.35. The van der Waals surface area contributed by atoms with Crippen molar-refractivity contribution in [3.8, 4) is 0 Å². The van der Waals surface area contributed by atoms with Gasteiger partial charge in [0.25, 0.3) is 5.91 Å². The van der Waals surface area contributed by atoms with E-state index >= 15 is 0 Å². The molecule has 6 nitrogen and oxygen atoms in total. The number of aromatic nitrogens is 2. The summed E-state index contributed by atoms with van der Waals surface area (Å²) in [6, 6.07) is 3.46. The van der Waals surface area contributed by atoms with Gasteiger partial charge in [-0.2, -0.15) is 11.3 Å². The lowest BCUT2D eigenvalue weighted by Gasteiger charge is -2.34. The molecule has 2 aromatic heterocycles. The standard InChI is InChI=1S/C15H18N4O2S/c1-10-7-13(16-2)18-14(17-10)12-8-21-5-4-19(12)15(20)11-3-6-22-9-11/h3,6-7,9,12H,4-5,8H2,1-2H3,(H,16,17,18)/t12-/m0/s1. The van der Waals surface area contributed by atoms with E-state index in [-0.39, 0.29) is 11.9 Å². The third kappa shape index (κ3) is 2.95. The number of hydrogen-bond donors (Lipinski definition) is 1. The molecule has 0 unspecified atom stereocenters. The maximum atomic E-state index is 12.7. The maximum Gasteiger partial charge on any atom is 0.255 e. The molecular weight excluding hydrogens is 300 g/mol. The number of ether oxygens (including phenoxy) is 1. The molecule has 116 valence electrons. The number of carbonyl (C=O) groups excluding carboxylic acids is 1. The van der Waals surface area contributed by atoms with E-state index in [0.29, 0.717) is 31.1 Å². The monoisotopic (exact) mass is 318 g/mol. The van der Waals surface area contributed by atoms with Crippen LogP contribution in [-0.2, 0) is 4.74 Å². The van der Waals surface area contributed by atoms with E-state index in [4.69, 9.17) is 4.74 Å². The van der Waals surface area contributed by atoms with Crippen molar-refractivity contribution in [3.05, 3.63) is 40.0 Å². The van der Waals surface area contributed by atoms with Crippen molar-refractivity contribution in [1.82, 2.24) is 14.9 Å². The Morgan fingerprint density at radius 2 is 2.36 bits per heavy atom. The minimum atomic E-state index is -0.256. The second-order valence-corrected chi connectivity index (χ2v) is 5.88. The van der Waals surface area contributed by atoms with E-state index in [1.54, 1.807) is 4.90 Å². The zero-order chi connectivity index (χ0) is 15.5. The lowest BCUT2D eigenvalue weighted by Crippen LogP contribution is -2.44. The first-order valence-corrected chi connectivity index (χ1v) is 8.07.